The molecule has 31 heavy (non-hydrogen) atoms. The van der Waals surface area contributed by atoms with Crippen molar-refractivity contribution in [2.24, 2.45) is 0 Å². The molecule has 5 heteroatoms. The summed E-state index contributed by atoms with van der Waals surface area (Å²) < 4.78 is 5.51. The molecule has 1 heterocycles. The van der Waals surface area contributed by atoms with E-state index in [0.29, 0.717) is 32.9 Å². The van der Waals surface area contributed by atoms with Gasteiger partial charge in [-0.3, -0.25) is 9.59 Å². The summed E-state index contributed by atoms with van der Waals surface area (Å²) in [6, 6.07) is 17.6. The van der Waals surface area contributed by atoms with Crippen molar-refractivity contribution in [1.82, 2.24) is 0 Å². The molecule has 2 aliphatic rings. The van der Waals surface area contributed by atoms with E-state index in [4.69, 9.17) is 4.74 Å². The molecule has 0 aromatic heterocycles. The Morgan fingerprint density at radius 3 is 2.19 bits per heavy atom. The number of Topliss-reactive ketones (excluding diaryl/α,β-unsaturated/α-hetero) is 2. The van der Waals surface area contributed by atoms with Crippen molar-refractivity contribution in [3.05, 3.63) is 93.4 Å². The number of carbonyl (C=O) groups is 3. The second-order valence-corrected chi connectivity index (χ2v) is 7.61. The lowest BCUT2D eigenvalue weighted by Crippen LogP contribution is -2.17. The van der Waals surface area contributed by atoms with E-state index >= 15 is 0 Å². The van der Waals surface area contributed by atoms with E-state index in [2.05, 4.69) is 5.32 Å². The number of ketones is 2. The zero-order chi connectivity index (χ0) is 21.7. The Balaban J connectivity index is 1.66. The third kappa shape index (κ3) is 2.89. The van der Waals surface area contributed by atoms with Gasteiger partial charge in [0.05, 0.1) is 11.1 Å². The zero-order valence-corrected chi connectivity index (χ0v) is 17.1. The molecule has 1 aliphatic heterocycles. The number of carbonyl (C=O) groups excluding carboxylic acids is 3. The molecular formula is C26H19NO4. The standard InChI is InChI=1S/C26H19NO4/c1-3-27-20-11-9-15(12-14(20)2)22-19-10-8-16(13-21(19)31-26(22)30)23-24(28)17-6-4-5-7-18(17)25(23)29/h4-13,27H,3H2,1-2H3. The summed E-state index contributed by atoms with van der Waals surface area (Å²) in [5.74, 6) is -0.692. The van der Waals surface area contributed by atoms with Crippen LogP contribution in [0, 0.1) is 6.92 Å². The molecule has 0 radical (unpaired) electrons. The first kappa shape index (κ1) is 19.0. The molecule has 0 fully saturated rings. The van der Waals surface area contributed by atoms with Gasteiger partial charge >= 0.3 is 5.97 Å². The molecule has 3 aromatic carbocycles. The third-order valence-electron chi connectivity index (χ3n) is 5.70. The number of esters is 1. The summed E-state index contributed by atoms with van der Waals surface area (Å²) in [6.07, 6.45) is 0. The van der Waals surface area contributed by atoms with Gasteiger partial charge in [0.2, 0.25) is 0 Å². The minimum Gasteiger partial charge on any atom is -0.422 e. The van der Waals surface area contributed by atoms with Crippen LogP contribution in [0.2, 0.25) is 0 Å². The lowest BCUT2D eigenvalue weighted by molar-refractivity contribution is -0.127. The number of nitrogens with one attached hydrogen (secondary N) is 1. The van der Waals surface area contributed by atoms with Gasteiger partial charge in [0.1, 0.15) is 5.75 Å². The number of rotatable bonds is 3. The number of benzene rings is 3. The van der Waals surface area contributed by atoms with Gasteiger partial charge in [-0.05, 0) is 54.5 Å². The lowest BCUT2D eigenvalue weighted by Gasteiger charge is -2.09. The van der Waals surface area contributed by atoms with Crippen LogP contribution in [0.15, 0.2) is 60.7 Å². The smallest absolute Gasteiger partial charge is 0.344 e. The molecular weight excluding hydrogens is 390 g/mol. The number of ether oxygens (including phenoxy) is 1. The fourth-order valence-electron chi connectivity index (χ4n) is 4.22. The Morgan fingerprint density at radius 2 is 1.55 bits per heavy atom. The van der Waals surface area contributed by atoms with Gasteiger partial charge < -0.3 is 10.1 Å². The SMILES string of the molecule is CCNc1ccc(C2=c3ccc(=C4C(=O)c5ccccc5C4=O)cc3OC2=O)cc1C. The van der Waals surface area contributed by atoms with Gasteiger partial charge in [0.25, 0.3) is 0 Å². The van der Waals surface area contributed by atoms with Crippen molar-refractivity contribution in [3.8, 4) is 5.75 Å². The molecule has 5 nitrogen and oxygen atoms in total. The molecule has 0 saturated carbocycles. The molecule has 0 atom stereocenters. The summed E-state index contributed by atoms with van der Waals surface area (Å²) in [4.78, 5) is 38.3. The first-order valence-electron chi connectivity index (χ1n) is 10.1. The van der Waals surface area contributed by atoms with Gasteiger partial charge in [-0.25, -0.2) is 4.79 Å². The van der Waals surface area contributed by atoms with E-state index in [1.165, 1.54) is 0 Å². The predicted octanol–water partition coefficient (Wildman–Crippen LogP) is 2.77. The molecule has 0 bridgehead atoms. The fraction of sp³-hybridized carbons (Fsp3) is 0.115. The van der Waals surface area contributed by atoms with Crippen LogP contribution in [0.4, 0.5) is 5.69 Å². The van der Waals surface area contributed by atoms with E-state index in [9.17, 15) is 14.4 Å². The lowest BCUT2D eigenvalue weighted by atomic mass is 10.00. The first-order chi connectivity index (χ1) is 15.0. The highest BCUT2D eigenvalue weighted by molar-refractivity contribution is 6.55. The number of aryl methyl sites for hydroxylation is 1. The Labute approximate surface area is 178 Å². The average molecular weight is 409 g/mol. The Hall–Kier alpha value is -3.99. The van der Waals surface area contributed by atoms with Crippen molar-refractivity contribution < 1.29 is 19.1 Å². The van der Waals surface area contributed by atoms with Crippen molar-refractivity contribution in [1.29, 1.82) is 0 Å². The molecule has 0 saturated heterocycles. The topological polar surface area (TPSA) is 72.5 Å². The summed E-state index contributed by atoms with van der Waals surface area (Å²) in [6.45, 7) is 4.82. The Bertz CT molecular complexity index is 1400. The normalized spacial score (nSPS) is 14.6. The second kappa shape index (κ2) is 7.06. The highest BCUT2D eigenvalue weighted by Gasteiger charge is 2.33. The molecule has 1 aliphatic carbocycles. The number of hydrogen-bond acceptors (Lipinski definition) is 5. The molecule has 3 aromatic rings. The third-order valence-corrected chi connectivity index (χ3v) is 5.70. The van der Waals surface area contributed by atoms with Crippen LogP contribution in [-0.4, -0.2) is 24.1 Å². The summed E-state index contributed by atoms with van der Waals surface area (Å²) >= 11 is 0. The maximum atomic E-state index is 12.8. The minimum absolute atomic E-state index is 0.110. The van der Waals surface area contributed by atoms with Crippen LogP contribution in [0.3, 0.4) is 0 Å². The van der Waals surface area contributed by atoms with Gasteiger partial charge in [-0.1, -0.05) is 36.4 Å². The molecule has 0 amide bonds. The van der Waals surface area contributed by atoms with E-state index in [0.717, 1.165) is 23.4 Å². The number of hydrogen-bond donors (Lipinski definition) is 1. The Kier molecular flexibility index (Phi) is 4.33. The quantitative estimate of drug-likeness (QED) is 0.532. The fourth-order valence-corrected chi connectivity index (χ4v) is 4.22. The van der Waals surface area contributed by atoms with Gasteiger partial charge in [0, 0.05) is 28.6 Å². The molecule has 1 N–H and O–H groups in total. The second-order valence-electron chi connectivity index (χ2n) is 7.61. The molecule has 5 rings (SSSR count). The van der Waals surface area contributed by atoms with Gasteiger partial charge in [-0.2, -0.15) is 0 Å². The first-order valence-corrected chi connectivity index (χ1v) is 10.1. The summed E-state index contributed by atoms with van der Waals surface area (Å²) in [5, 5.41) is 4.40. The maximum Gasteiger partial charge on any atom is 0.344 e. The molecule has 0 unspecified atom stereocenters. The zero-order valence-electron chi connectivity index (χ0n) is 17.1. The van der Waals surface area contributed by atoms with E-state index in [-0.39, 0.29) is 17.1 Å². The number of anilines is 1. The highest BCUT2D eigenvalue weighted by Crippen LogP contribution is 2.28. The Morgan fingerprint density at radius 1 is 0.839 bits per heavy atom. The minimum atomic E-state index is -0.444. The number of fused-ring (bicyclic) bond motifs is 2. The van der Waals surface area contributed by atoms with Crippen LogP contribution in [0.1, 0.15) is 38.8 Å². The van der Waals surface area contributed by atoms with Crippen molar-refractivity contribution in [2.45, 2.75) is 13.8 Å². The summed E-state index contributed by atoms with van der Waals surface area (Å²) in [7, 11) is 0. The van der Waals surface area contributed by atoms with E-state index in [1.54, 1.807) is 42.5 Å². The van der Waals surface area contributed by atoms with Crippen LogP contribution in [0.25, 0.3) is 11.1 Å². The predicted molar refractivity (Wildman–Crippen MR) is 118 cm³/mol. The van der Waals surface area contributed by atoms with Crippen molar-refractivity contribution in [2.75, 3.05) is 11.9 Å². The van der Waals surface area contributed by atoms with Gasteiger partial charge in [0.15, 0.2) is 11.6 Å². The van der Waals surface area contributed by atoms with Crippen molar-refractivity contribution in [3.63, 3.8) is 0 Å². The van der Waals surface area contributed by atoms with Gasteiger partial charge in [-0.15, -0.1) is 0 Å². The molecule has 0 spiro atoms. The summed E-state index contributed by atoms with van der Waals surface area (Å²) in [5.41, 5.74) is 4.21. The van der Waals surface area contributed by atoms with E-state index in [1.807, 2.05) is 32.0 Å². The van der Waals surface area contributed by atoms with Crippen LogP contribution in [-0.2, 0) is 4.79 Å². The molecule has 152 valence electrons. The van der Waals surface area contributed by atoms with Crippen molar-refractivity contribution >= 4 is 34.4 Å². The van der Waals surface area contributed by atoms with Crippen LogP contribution in [0.5, 0.6) is 5.75 Å². The van der Waals surface area contributed by atoms with Crippen LogP contribution >= 0.6 is 0 Å². The van der Waals surface area contributed by atoms with E-state index < -0.39 is 5.97 Å². The maximum absolute atomic E-state index is 12.8. The average Bonchev–Trinajstić information content (AvgIpc) is 3.22. The highest BCUT2D eigenvalue weighted by atomic mass is 16.5. The monoisotopic (exact) mass is 409 g/mol. The van der Waals surface area contributed by atoms with Crippen LogP contribution < -0.4 is 20.5 Å². The largest absolute Gasteiger partial charge is 0.422 e.